The monoisotopic (exact) mass is 520 g/mol. The van der Waals surface area contributed by atoms with Crippen LogP contribution in [0.2, 0.25) is 0 Å². The number of carbonyl (C=O) groups is 1. The molecule has 12 heteroatoms. The highest BCUT2D eigenvalue weighted by Crippen LogP contribution is 2.29. The molecule has 0 spiro atoms. The van der Waals surface area contributed by atoms with Gasteiger partial charge in [0.1, 0.15) is 37.0 Å². The SMILES string of the molecule is O=C(OCc1ccc(OC2C[C@H](CO)[C@H](O)[C@H](O)[C@H]2O)cc1)N1NC=NN=C1I. The molecule has 29 heavy (non-hydrogen) atoms. The van der Waals surface area contributed by atoms with Gasteiger partial charge in [0.05, 0.1) is 6.10 Å². The molecule has 5 atom stereocenters. The molecule has 158 valence electrons. The van der Waals surface area contributed by atoms with E-state index in [0.29, 0.717) is 15.2 Å². The number of hydrogen-bond acceptors (Lipinski definition) is 10. The zero-order valence-corrected chi connectivity index (χ0v) is 17.3. The van der Waals surface area contributed by atoms with Crippen LogP contribution in [0.3, 0.4) is 0 Å². The lowest BCUT2D eigenvalue weighted by atomic mass is 9.81. The molecular weight excluding hydrogens is 499 g/mol. The molecule has 1 aromatic carbocycles. The summed E-state index contributed by atoms with van der Waals surface area (Å²) in [4.78, 5) is 12.0. The molecule has 1 amide bonds. The number of rotatable bonds is 5. The fourth-order valence-electron chi connectivity index (χ4n) is 3.01. The average Bonchev–Trinajstić information content (AvgIpc) is 2.73. The Morgan fingerprint density at radius 2 is 1.93 bits per heavy atom. The van der Waals surface area contributed by atoms with Gasteiger partial charge in [-0.25, -0.2) is 4.79 Å². The minimum atomic E-state index is -1.40. The van der Waals surface area contributed by atoms with Crippen molar-refractivity contribution in [3.63, 3.8) is 0 Å². The standard InChI is InChI=1S/C17H21IN4O7/c18-16-21-19-8-20-22(16)17(27)28-7-9-1-3-11(4-2-9)29-12-5-10(6-23)13(24)15(26)14(12)25/h1-4,8,10,12-15,23-26H,5-7H2,(H,19,20)/t10-,12?,13+,14+,15+/m1/s1. The number of nitrogens with one attached hydrogen (secondary N) is 1. The molecule has 1 aliphatic carbocycles. The van der Waals surface area contributed by atoms with Crippen molar-refractivity contribution in [2.24, 2.45) is 16.1 Å². The van der Waals surface area contributed by atoms with E-state index < -0.39 is 36.4 Å². The van der Waals surface area contributed by atoms with Crippen LogP contribution in [-0.4, -0.2) is 72.7 Å². The van der Waals surface area contributed by atoms with Gasteiger partial charge in [-0.2, -0.15) is 5.01 Å². The highest BCUT2D eigenvalue weighted by Gasteiger charge is 2.43. The van der Waals surface area contributed by atoms with E-state index in [4.69, 9.17) is 9.47 Å². The lowest BCUT2D eigenvalue weighted by Gasteiger charge is -2.39. The van der Waals surface area contributed by atoms with Gasteiger partial charge in [0.25, 0.3) is 0 Å². The van der Waals surface area contributed by atoms with Crippen LogP contribution >= 0.6 is 22.6 Å². The molecule has 1 unspecified atom stereocenters. The predicted octanol–water partition coefficient (Wildman–Crippen LogP) is -0.280. The van der Waals surface area contributed by atoms with E-state index in [9.17, 15) is 25.2 Å². The number of hydrogen-bond donors (Lipinski definition) is 5. The second-order valence-corrected chi connectivity index (χ2v) is 7.55. The van der Waals surface area contributed by atoms with Crippen LogP contribution in [-0.2, 0) is 11.3 Å². The van der Waals surface area contributed by atoms with Crippen molar-refractivity contribution in [3.8, 4) is 5.75 Å². The molecule has 0 aromatic heterocycles. The number of carbonyl (C=O) groups excluding carboxylic acids is 1. The molecule has 0 saturated heterocycles. The van der Waals surface area contributed by atoms with Crippen molar-refractivity contribution in [2.45, 2.75) is 37.4 Å². The van der Waals surface area contributed by atoms with Gasteiger partial charge in [-0.3, -0.25) is 5.43 Å². The number of halogens is 1. The molecule has 0 radical (unpaired) electrons. The van der Waals surface area contributed by atoms with Crippen molar-refractivity contribution in [3.05, 3.63) is 29.8 Å². The van der Waals surface area contributed by atoms with Crippen molar-refractivity contribution in [1.82, 2.24) is 10.4 Å². The zero-order chi connectivity index (χ0) is 21.0. The van der Waals surface area contributed by atoms with E-state index in [0.717, 1.165) is 5.01 Å². The van der Waals surface area contributed by atoms with E-state index in [-0.39, 0.29) is 19.6 Å². The largest absolute Gasteiger partial charge is 0.488 e. The highest BCUT2D eigenvalue weighted by molar-refractivity contribution is 14.1. The molecule has 1 aromatic rings. The van der Waals surface area contributed by atoms with Gasteiger partial charge in [-0.05, 0) is 24.1 Å². The van der Waals surface area contributed by atoms with Crippen LogP contribution in [0.5, 0.6) is 5.75 Å². The fourth-order valence-corrected chi connectivity index (χ4v) is 3.47. The lowest BCUT2D eigenvalue weighted by Crippen LogP contribution is -2.56. The first kappa shape index (κ1) is 21.7. The third-order valence-electron chi connectivity index (χ3n) is 4.66. The normalized spacial score (nSPS) is 29.1. The van der Waals surface area contributed by atoms with E-state index >= 15 is 0 Å². The average molecular weight is 520 g/mol. The highest BCUT2D eigenvalue weighted by atomic mass is 127. The van der Waals surface area contributed by atoms with Gasteiger partial charge >= 0.3 is 6.09 Å². The summed E-state index contributed by atoms with van der Waals surface area (Å²) >= 11 is 1.84. The van der Waals surface area contributed by atoms with Crippen LogP contribution < -0.4 is 10.2 Å². The number of ether oxygens (including phenoxy) is 2. The summed E-state index contributed by atoms with van der Waals surface area (Å²) in [6, 6.07) is 6.66. The Balaban J connectivity index is 1.54. The second kappa shape index (κ2) is 9.67. The Bertz CT molecular complexity index is 774. The van der Waals surface area contributed by atoms with E-state index in [2.05, 4.69) is 15.6 Å². The fraction of sp³-hybridized carbons (Fsp3) is 0.471. The number of nitrogens with zero attached hydrogens (tertiary/aromatic N) is 3. The summed E-state index contributed by atoms with van der Waals surface area (Å²) in [7, 11) is 0. The van der Waals surface area contributed by atoms with Crippen molar-refractivity contribution in [2.75, 3.05) is 6.61 Å². The summed E-state index contributed by atoms with van der Waals surface area (Å²) in [5.74, 6) is -0.156. The summed E-state index contributed by atoms with van der Waals surface area (Å²) in [6.45, 7) is -0.307. The minimum absolute atomic E-state index is 0.0158. The van der Waals surface area contributed by atoms with Gasteiger partial charge in [-0.1, -0.05) is 12.1 Å². The molecular formula is C17H21IN4O7. The number of amidine groups is 1. The summed E-state index contributed by atoms with van der Waals surface area (Å²) in [5, 5.41) is 47.7. The van der Waals surface area contributed by atoms with Gasteiger partial charge in [0.15, 0.2) is 0 Å². The maximum atomic E-state index is 12.0. The summed E-state index contributed by atoms with van der Waals surface area (Å²) < 4.78 is 11.2. The van der Waals surface area contributed by atoms with Gasteiger partial charge in [-0.15, -0.1) is 10.2 Å². The van der Waals surface area contributed by atoms with Crippen LogP contribution in [0.4, 0.5) is 4.79 Å². The maximum Gasteiger partial charge on any atom is 0.435 e. The quantitative estimate of drug-likeness (QED) is 0.262. The molecule has 1 fully saturated rings. The molecule has 2 aliphatic rings. The van der Waals surface area contributed by atoms with E-state index in [1.807, 2.05) is 22.6 Å². The van der Waals surface area contributed by atoms with E-state index in [1.54, 1.807) is 24.3 Å². The van der Waals surface area contributed by atoms with Crippen LogP contribution in [0.25, 0.3) is 0 Å². The Morgan fingerprint density at radius 1 is 1.21 bits per heavy atom. The summed E-state index contributed by atoms with van der Waals surface area (Å²) in [5.41, 5.74) is 3.31. The van der Waals surface area contributed by atoms with Crippen molar-refractivity contribution < 1.29 is 34.7 Å². The van der Waals surface area contributed by atoms with Gasteiger partial charge in [0.2, 0.25) is 3.84 Å². The van der Waals surface area contributed by atoms with Crippen LogP contribution in [0, 0.1) is 5.92 Å². The Morgan fingerprint density at radius 3 is 2.59 bits per heavy atom. The first-order valence-electron chi connectivity index (χ1n) is 8.79. The first-order valence-corrected chi connectivity index (χ1v) is 9.87. The van der Waals surface area contributed by atoms with E-state index in [1.165, 1.54) is 6.34 Å². The Labute approximate surface area is 179 Å². The van der Waals surface area contributed by atoms with Crippen LogP contribution in [0.1, 0.15) is 12.0 Å². The number of benzene rings is 1. The number of hydrazine groups is 1. The Hall–Kier alpha value is -2.00. The third kappa shape index (κ3) is 5.14. The van der Waals surface area contributed by atoms with Gasteiger partial charge in [0, 0.05) is 35.1 Å². The predicted molar refractivity (Wildman–Crippen MR) is 109 cm³/mol. The number of amides is 1. The molecule has 1 saturated carbocycles. The zero-order valence-electron chi connectivity index (χ0n) is 15.1. The topological polar surface area (TPSA) is 156 Å². The van der Waals surface area contributed by atoms with Crippen molar-refractivity contribution in [1.29, 1.82) is 0 Å². The molecule has 11 nitrogen and oxygen atoms in total. The number of aliphatic hydroxyl groups is 4. The second-order valence-electron chi connectivity index (χ2n) is 6.58. The van der Waals surface area contributed by atoms with Crippen molar-refractivity contribution >= 4 is 38.9 Å². The summed E-state index contributed by atoms with van der Waals surface area (Å²) in [6.07, 6.45) is -3.85. The lowest BCUT2D eigenvalue weighted by molar-refractivity contribution is -0.156. The number of aliphatic hydroxyl groups excluding tert-OH is 4. The molecule has 0 bridgehead atoms. The molecule has 1 aliphatic heterocycles. The molecule has 3 rings (SSSR count). The van der Waals surface area contributed by atoms with Gasteiger partial charge < -0.3 is 29.9 Å². The molecule has 5 N–H and O–H groups in total. The molecule has 1 heterocycles. The maximum absolute atomic E-state index is 12.0. The smallest absolute Gasteiger partial charge is 0.435 e. The first-order chi connectivity index (χ1) is 13.9. The third-order valence-corrected chi connectivity index (χ3v) is 5.36. The van der Waals surface area contributed by atoms with Crippen LogP contribution in [0.15, 0.2) is 34.5 Å². The minimum Gasteiger partial charge on any atom is -0.488 e. The Kier molecular flexibility index (Phi) is 7.23.